The molecular formula is C9H6ClNO2. The zero-order valence-corrected chi connectivity index (χ0v) is 7.41. The highest BCUT2D eigenvalue weighted by Crippen LogP contribution is 2.11. The lowest BCUT2D eigenvalue weighted by atomic mass is 10.1. The third kappa shape index (κ3) is 3.20. The van der Waals surface area contributed by atoms with Crippen molar-refractivity contribution in [3.05, 3.63) is 34.9 Å². The van der Waals surface area contributed by atoms with E-state index in [0.717, 1.165) is 5.56 Å². The first-order valence-corrected chi connectivity index (χ1v) is 3.95. The van der Waals surface area contributed by atoms with Crippen LogP contribution in [0.3, 0.4) is 0 Å². The van der Waals surface area contributed by atoms with Crippen LogP contribution in [0.25, 0.3) is 0 Å². The van der Waals surface area contributed by atoms with E-state index >= 15 is 0 Å². The minimum Gasteiger partial charge on any atom is -0.271 e. The van der Waals surface area contributed by atoms with E-state index in [-0.39, 0.29) is 6.42 Å². The van der Waals surface area contributed by atoms with Gasteiger partial charge in [0.1, 0.15) is 0 Å². The molecule has 0 aliphatic rings. The van der Waals surface area contributed by atoms with E-state index in [4.69, 9.17) is 11.6 Å². The molecule has 0 fully saturated rings. The first-order chi connectivity index (χ1) is 6.22. The Bertz CT molecular complexity index is 370. The average molecular weight is 196 g/mol. The topological polar surface area (TPSA) is 46.5 Å². The fraction of sp³-hybridized carbons (Fsp3) is 0.111. The van der Waals surface area contributed by atoms with Gasteiger partial charge in [-0.3, -0.25) is 4.79 Å². The van der Waals surface area contributed by atoms with Gasteiger partial charge in [0.2, 0.25) is 6.08 Å². The van der Waals surface area contributed by atoms with Crippen LogP contribution in [-0.2, 0) is 16.0 Å². The van der Waals surface area contributed by atoms with Gasteiger partial charge in [-0.05, 0) is 17.7 Å². The first kappa shape index (κ1) is 9.65. The molecular weight excluding hydrogens is 190 g/mol. The molecule has 3 nitrogen and oxygen atoms in total. The summed E-state index contributed by atoms with van der Waals surface area (Å²) in [6.07, 6.45) is 1.27. The number of isocyanates is 1. The third-order valence-corrected chi connectivity index (χ3v) is 1.65. The summed E-state index contributed by atoms with van der Waals surface area (Å²) in [5.74, 6) is -0.516. The number of carbonyl (C=O) groups is 1. The number of benzene rings is 1. The fourth-order valence-corrected chi connectivity index (χ4v) is 1.12. The first-order valence-electron chi connectivity index (χ1n) is 3.57. The smallest absolute Gasteiger partial charge is 0.260 e. The molecule has 0 N–H and O–H groups in total. The number of amides is 1. The Hall–Kier alpha value is -1.44. The molecule has 0 radical (unpaired) electrons. The molecule has 66 valence electrons. The second kappa shape index (κ2) is 4.55. The zero-order chi connectivity index (χ0) is 9.68. The molecule has 0 atom stereocenters. The maximum atomic E-state index is 10.9. The van der Waals surface area contributed by atoms with E-state index in [1.54, 1.807) is 24.3 Å². The van der Waals surface area contributed by atoms with Crippen molar-refractivity contribution >= 4 is 23.6 Å². The van der Waals surface area contributed by atoms with Crippen LogP contribution in [-0.4, -0.2) is 12.0 Å². The lowest BCUT2D eigenvalue weighted by Crippen LogP contribution is -1.97. The Kier molecular flexibility index (Phi) is 3.38. The Morgan fingerprint density at radius 2 is 2.31 bits per heavy atom. The van der Waals surface area contributed by atoms with Crippen LogP contribution in [0.1, 0.15) is 5.56 Å². The highest BCUT2D eigenvalue weighted by molar-refractivity contribution is 6.30. The molecule has 1 aromatic carbocycles. The van der Waals surface area contributed by atoms with Crippen LogP contribution in [0.4, 0.5) is 0 Å². The summed E-state index contributed by atoms with van der Waals surface area (Å²) in [6.45, 7) is 0. The minimum absolute atomic E-state index is 0.0792. The summed E-state index contributed by atoms with van der Waals surface area (Å²) in [6, 6.07) is 6.83. The number of hydrogen-bond donors (Lipinski definition) is 0. The van der Waals surface area contributed by atoms with Gasteiger partial charge in [0.05, 0.1) is 6.42 Å². The number of rotatable bonds is 2. The Balaban J connectivity index is 2.74. The second-order valence-corrected chi connectivity index (χ2v) is 2.84. The standard InChI is InChI=1S/C9H6ClNO2/c10-8-3-1-2-7(4-8)5-9(13)11-6-12/h1-4H,5H2. The molecule has 0 unspecified atom stereocenters. The van der Waals surface area contributed by atoms with Gasteiger partial charge in [-0.1, -0.05) is 23.7 Å². The number of aliphatic imine (C=N–C) groups is 1. The van der Waals surface area contributed by atoms with Gasteiger partial charge in [0.15, 0.2) is 0 Å². The molecule has 0 bridgehead atoms. The molecule has 4 heteroatoms. The second-order valence-electron chi connectivity index (χ2n) is 2.40. The minimum atomic E-state index is -0.516. The molecule has 0 spiro atoms. The molecule has 13 heavy (non-hydrogen) atoms. The summed E-state index contributed by atoms with van der Waals surface area (Å²) in [4.78, 5) is 23.5. The van der Waals surface area contributed by atoms with Crippen molar-refractivity contribution in [1.29, 1.82) is 0 Å². The fourth-order valence-electron chi connectivity index (χ4n) is 0.912. The summed E-state index contributed by atoms with van der Waals surface area (Å²) < 4.78 is 0. The van der Waals surface area contributed by atoms with Crippen molar-refractivity contribution in [2.75, 3.05) is 0 Å². The predicted molar refractivity (Wildman–Crippen MR) is 48.3 cm³/mol. The van der Waals surface area contributed by atoms with Crippen LogP contribution in [0.15, 0.2) is 29.3 Å². The maximum absolute atomic E-state index is 10.9. The van der Waals surface area contributed by atoms with Gasteiger partial charge in [-0.2, -0.15) is 0 Å². The molecule has 0 saturated heterocycles. The number of nitrogens with zero attached hydrogens (tertiary/aromatic N) is 1. The van der Waals surface area contributed by atoms with Crippen LogP contribution >= 0.6 is 11.6 Å². The van der Waals surface area contributed by atoms with E-state index in [0.29, 0.717) is 5.02 Å². The number of carbonyl (C=O) groups excluding carboxylic acids is 2. The molecule has 1 aromatic rings. The lowest BCUT2D eigenvalue weighted by Gasteiger charge is -1.96. The van der Waals surface area contributed by atoms with E-state index in [1.807, 2.05) is 0 Å². The monoisotopic (exact) mass is 195 g/mol. The molecule has 1 rings (SSSR count). The molecule has 0 heterocycles. The van der Waals surface area contributed by atoms with Crippen molar-refractivity contribution in [1.82, 2.24) is 0 Å². The van der Waals surface area contributed by atoms with Gasteiger partial charge >= 0.3 is 0 Å². The van der Waals surface area contributed by atoms with Crippen molar-refractivity contribution < 1.29 is 9.59 Å². The number of hydrogen-bond acceptors (Lipinski definition) is 2. The van der Waals surface area contributed by atoms with Gasteiger partial charge in [-0.25, -0.2) is 4.79 Å². The quantitative estimate of drug-likeness (QED) is 0.533. The summed E-state index contributed by atoms with van der Waals surface area (Å²) in [7, 11) is 0. The normalized spacial score (nSPS) is 9.00. The van der Waals surface area contributed by atoms with Crippen molar-refractivity contribution in [3.63, 3.8) is 0 Å². The molecule has 0 aromatic heterocycles. The molecule has 0 aliphatic carbocycles. The highest BCUT2D eigenvalue weighted by atomic mass is 35.5. The molecule has 1 amide bonds. The van der Waals surface area contributed by atoms with Crippen LogP contribution in [0.5, 0.6) is 0 Å². The summed E-state index contributed by atoms with van der Waals surface area (Å²) in [5, 5.41) is 0.556. The molecule has 0 saturated carbocycles. The van der Waals surface area contributed by atoms with E-state index in [1.165, 1.54) is 6.08 Å². The van der Waals surface area contributed by atoms with Crippen molar-refractivity contribution in [2.24, 2.45) is 4.99 Å². The Morgan fingerprint density at radius 3 is 2.92 bits per heavy atom. The van der Waals surface area contributed by atoms with Crippen molar-refractivity contribution in [3.8, 4) is 0 Å². The largest absolute Gasteiger partial charge is 0.271 e. The summed E-state index contributed by atoms with van der Waals surface area (Å²) >= 11 is 5.69. The summed E-state index contributed by atoms with van der Waals surface area (Å²) in [5.41, 5.74) is 0.733. The Labute approximate surface area is 80.0 Å². The molecule has 0 aliphatic heterocycles. The van der Waals surface area contributed by atoms with Gasteiger partial charge < -0.3 is 0 Å². The maximum Gasteiger partial charge on any atom is 0.260 e. The SMILES string of the molecule is O=C=NC(=O)Cc1cccc(Cl)c1. The van der Waals surface area contributed by atoms with E-state index in [9.17, 15) is 9.59 Å². The predicted octanol–water partition coefficient (Wildman–Crippen LogP) is 1.74. The van der Waals surface area contributed by atoms with Crippen LogP contribution in [0.2, 0.25) is 5.02 Å². The van der Waals surface area contributed by atoms with Crippen molar-refractivity contribution in [2.45, 2.75) is 6.42 Å². The van der Waals surface area contributed by atoms with E-state index in [2.05, 4.69) is 4.99 Å². The van der Waals surface area contributed by atoms with Gasteiger partial charge in [-0.15, -0.1) is 4.99 Å². The van der Waals surface area contributed by atoms with Crippen LogP contribution < -0.4 is 0 Å². The third-order valence-electron chi connectivity index (χ3n) is 1.41. The lowest BCUT2D eigenvalue weighted by molar-refractivity contribution is -0.117. The Morgan fingerprint density at radius 1 is 1.54 bits per heavy atom. The average Bonchev–Trinajstić information content (AvgIpc) is 2.04. The highest BCUT2D eigenvalue weighted by Gasteiger charge is 2.01. The van der Waals surface area contributed by atoms with E-state index < -0.39 is 5.91 Å². The van der Waals surface area contributed by atoms with Gasteiger partial charge in [0, 0.05) is 5.02 Å². The van der Waals surface area contributed by atoms with Crippen LogP contribution in [0, 0.1) is 0 Å². The number of halogens is 1. The zero-order valence-electron chi connectivity index (χ0n) is 6.66. The van der Waals surface area contributed by atoms with Gasteiger partial charge in [0.25, 0.3) is 5.91 Å².